The summed E-state index contributed by atoms with van der Waals surface area (Å²) in [7, 11) is 0. The average Bonchev–Trinajstić information content (AvgIpc) is 2.77. The van der Waals surface area contributed by atoms with E-state index in [0.29, 0.717) is 28.5 Å². The van der Waals surface area contributed by atoms with Crippen molar-refractivity contribution in [2.75, 3.05) is 0 Å². The predicted octanol–water partition coefficient (Wildman–Crippen LogP) is 4.59. The topological polar surface area (TPSA) is 116 Å². The Labute approximate surface area is 211 Å². The molecule has 3 N–H and O–H groups in total. The second kappa shape index (κ2) is 10.6. The van der Waals surface area contributed by atoms with Gasteiger partial charge in [0, 0.05) is 35.9 Å². The van der Waals surface area contributed by atoms with Crippen LogP contribution >= 0.6 is 23.2 Å². The number of aliphatic imine (C=N–C) groups is 1. The van der Waals surface area contributed by atoms with Gasteiger partial charge in [0.25, 0.3) is 5.56 Å². The minimum atomic E-state index is -1.18. The quantitative estimate of drug-likeness (QED) is 0.441. The minimum absolute atomic E-state index is 0.101. The van der Waals surface area contributed by atoms with Gasteiger partial charge in [0.15, 0.2) is 5.82 Å². The molecule has 0 amide bonds. The number of aryl methyl sites for hydroxylation is 2. The molecule has 0 aliphatic rings. The summed E-state index contributed by atoms with van der Waals surface area (Å²) in [5.41, 5.74) is 6.46. The van der Waals surface area contributed by atoms with Gasteiger partial charge in [0.2, 0.25) is 0 Å². The number of nitrogens with zero attached hydrogens (tertiary/aromatic N) is 4. The fourth-order valence-corrected chi connectivity index (χ4v) is 3.39. The second-order valence-electron chi connectivity index (χ2n) is 8.26. The van der Waals surface area contributed by atoms with Crippen molar-refractivity contribution in [3.05, 3.63) is 85.5 Å². The zero-order valence-electron chi connectivity index (χ0n) is 19.5. The number of hydrogen-bond donors (Lipinski definition) is 2. The molecule has 0 bridgehead atoms. The fraction of sp³-hybridized carbons (Fsp3) is 0.250. The van der Waals surface area contributed by atoms with Crippen LogP contribution in [0.4, 0.5) is 10.2 Å². The summed E-state index contributed by atoms with van der Waals surface area (Å²) in [5.74, 6) is -0.0988. The number of pyridine rings is 3. The summed E-state index contributed by atoms with van der Waals surface area (Å²) in [6.07, 6.45) is 5.50. The van der Waals surface area contributed by atoms with Gasteiger partial charge < -0.3 is 15.6 Å². The highest BCUT2D eigenvalue weighted by atomic mass is 35.5. The molecule has 3 aromatic rings. The van der Waals surface area contributed by atoms with E-state index in [0.717, 1.165) is 12.3 Å². The molecule has 11 heteroatoms. The molecule has 35 heavy (non-hydrogen) atoms. The van der Waals surface area contributed by atoms with Crippen molar-refractivity contribution >= 4 is 35.2 Å². The van der Waals surface area contributed by atoms with Crippen LogP contribution in [0.15, 0.2) is 52.2 Å². The number of rotatable bonds is 7. The first-order chi connectivity index (χ1) is 16.4. The molecule has 0 aliphatic carbocycles. The van der Waals surface area contributed by atoms with Crippen molar-refractivity contribution in [1.82, 2.24) is 14.5 Å². The Morgan fingerprint density at radius 3 is 2.63 bits per heavy atom. The van der Waals surface area contributed by atoms with Crippen molar-refractivity contribution in [2.24, 2.45) is 10.7 Å². The monoisotopic (exact) mass is 519 g/mol. The van der Waals surface area contributed by atoms with Crippen LogP contribution in [0.2, 0.25) is 10.0 Å². The summed E-state index contributed by atoms with van der Waals surface area (Å²) < 4.78 is 20.3. The van der Waals surface area contributed by atoms with Crippen LogP contribution in [-0.4, -0.2) is 31.5 Å². The van der Waals surface area contributed by atoms with Gasteiger partial charge in [0.05, 0.1) is 28.2 Å². The normalized spacial score (nSPS) is 12.4. The van der Waals surface area contributed by atoms with E-state index in [2.05, 4.69) is 15.0 Å². The van der Waals surface area contributed by atoms with Crippen molar-refractivity contribution in [2.45, 2.75) is 39.9 Å². The van der Waals surface area contributed by atoms with Crippen LogP contribution in [0.5, 0.6) is 5.75 Å². The smallest absolute Gasteiger partial charge is 0.277 e. The molecular weight excluding hydrogens is 496 g/mol. The maximum atomic E-state index is 13.2. The van der Waals surface area contributed by atoms with Crippen LogP contribution < -0.4 is 16.0 Å². The zero-order chi connectivity index (χ0) is 25.9. The number of nitrogens with two attached hydrogens (primary N) is 1. The first kappa shape index (κ1) is 26.3. The standard InChI is InChI=1S/C24H24Cl2FN5O3/c1-13-10-31-21(29-6-5-20(28)24(3,4)34)9-18(13)32-14(2)7-19(22(26)23(32)33)35-12-17-16(25)8-15(27)11-30-17/h5-11,34H,12,28H2,1-4H3. The lowest BCUT2D eigenvalue weighted by Gasteiger charge is -2.17. The highest BCUT2D eigenvalue weighted by Gasteiger charge is 2.17. The zero-order valence-corrected chi connectivity index (χ0v) is 21.0. The Balaban J connectivity index is 1.93. The first-order valence-corrected chi connectivity index (χ1v) is 11.2. The molecule has 0 spiro atoms. The summed E-state index contributed by atoms with van der Waals surface area (Å²) in [4.78, 5) is 25.5. The van der Waals surface area contributed by atoms with E-state index in [1.54, 1.807) is 46.0 Å². The first-order valence-electron chi connectivity index (χ1n) is 10.4. The Kier molecular flexibility index (Phi) is 7.94. The van der Waals surface area contributed by atoms with Gasteiger partial charge in [-0.1, -0.05) is 23.2 Å². The lowest BCUT2D eigenvalue weighted by atomic mass is 10.1. The van der Waals surface area contributed by atoms with Gasteiger partial charge in [-0.25, -0.2) is 14.4 Å². The lowest BCUT2D eigenvalue weighted by molar-refractivity contribution is 0.118. The number of aromatic nitrogens is 3. The Morgan fingerprint density at radius 2 is 1.97 bits per heavy atom. The van der Waals surface area contributed by atoms with E-state index < -0.39 is 17.0 Å². The van der Waals surface area contributed by atoms with Crippen LogP contribution in [0.3, 0.4) is 0 Å². The highest BCUT2D eigenvalue weighted by Crippen LogP contribution is 2.27. The van der Waals surface area contributed by atoms with Crippen molar-refractivity contribution in [3.8, 4) is 11.4 Å². The lowest BCUT2D eigenvalue weighted by Crippen LogP contribution is -2.27. The third kappa shape index (κ3) is 6.25. The third-order valence-corrected chi connectivity index (χ3v) is 5.69. The molecule has 3 rings (SSSR count). The van der Waals surface area contributed by atoms with E-state index in [-0.39, 0.29) is 28.1 Å². The van der Waals surface area contributed by atoms with Gasteiger partial charge in [-0.3, -0.25) is 14.3 Å². The molecule has 184 valence electrons. The van der Waals surface area contributed by atoms with E-state index in [1.807, 2.05) is 0 Å². The van der Waals surface area contributed by atoms with Gasteiger partial charge in [-0.05, 0) is 45.4 Å². The molecule has 0 aliphatic heterocycles. The van der Waals surface area contributed by atoms with Gasteiger partial charge >= 0.3 is 0 Å². The van der Waals surface area contributed by atoms with E-state index in [4.69, 9.17) is 33.7 Å². The average molecular weight is 520 g/mol. The highest BCUT2D eigenvalue weighted by molar-refractivity contribution is 6.32. The van der Waals surface area contributed by atoms with E-state index >= 15 is 0 Å². The Hall–Kier alpha value is -3.27. The molecule has 8 nitrogen and oxygen atoms in total. The molecular formula is C24H24Cl2FN5O3. The molecule has 0 saturated carbocycles. The van der Waals surface area contributed by atoms with Gasteiger partial charge in [0.1, 0.15) is 23.2 Å². The van der Waals surface area contributed by atoms with Crippen LogP contribution in [-0.2, 0) is 6.61 Å². The Bertz CT molecular complexity index is 1380. The molecule has 0 saturated heterocycles. The predicted molar refractivity (Wildman–Crippen MR) is 135 cm³/mol. The number of halogens is 3. The molecule has 0 unspecified atom stereocenters. The van der Waals surface area contributed by atoms with Crippen molar-refractivity contribution < 1.29 is 14.2 Å². The summed E-state index contributed by atoms with van der Waals surface area (Å²) in [5, 5.41) is 9.85. The van der Waals surface area contributed by atoms with E-state index in [9.17, 15) is 14.3 Å². The molecule has 0 atom stereocenters. The number of ether oxygens (including phenoxy) is 1. The van der Waals surface area contributed by atoms with Crippen molar-refractivity contribution in [1.29, 1.82) is 0 Å². The van der Waals surface area contributed by atoms with Gasteiger partial charge in [-0.2, -0.15) is 0 Å². The largest absolute Gasteiger partial charge is 0.485 e. The maximum Gasteiger partial charge on any atom is 0.277 e. The van der Waals surface area contributed by atoms with E-state index in [1.165, 1.54) is 16.9 Å². The summed E-state index contributed by atoms with van der Waals surface area (Å²) >= 11 is 12.3. The minimum Gasteiger partial charge on any atom is -0.485 e. The third-order valence-electron chi connectivity index (χ3n) is 5.02. The molecule has 0 aromatic carbocycles. The number of allylic oxidation sites excluding steroid dienone is 1. The summed E-state index contributed by atoms with van der Waals surface area (Å²) in [6, 6.07) is 4.36. The molecule has 3 heterocycles. The molecule has 3 aromatic heterocycles. The van der Waals surface area contributed by atoms with Crippen molar-refractivity contribution in [3.63, 3.8) is 0 Å². The second-order valence-corrected chi connectivity index (χ2v) is 9.05. The van der Waals surface area contributed by atoms with Crippen LogP contribution in [0, 0.1) is 19.7 Å². The number of hydrogen-bond acceptors (Lipinski definition) is 7. The van der Waals surface area contributed by atoms with Crippen LogP contribution in [0.1, 0.15) is 30.8 Å². The maximum absolute atomic E-state index is 13.2. The molecule has 0 fully saturated rings. The van der Waals surface area contributed by atoms with Gasteiger partial charge in [-0.15, -0.1) is 0 Å². The number of aliphatic hydroxyl groups is 1. The Morgan fingerprint density at radius 1 is 1.26 bits per heavy atom. The SMILES string of the molecule is Cc1cnc(N=CC=C(N)C(C)(C)O)cc1-n1c(C)cc(OCc2ncc(F)cc2Cl)c(Cl)c1=O. The summed E-state index contributed by atoms with van der Waals surface area (Å²) in [6.45, 7) is 6.55. The molecule has 0 radical (unpaired) electrons. The fourth-order valence-electron chi connectivity index (χ4n) is 2.99. The van der Waals surface area contributed by atoms with Crippen LogP contribution in [0.25, 0.3) is 5.69 Å².